The van der Waals surface area contributed by atoms with Gasteiger partial charge in [0.2, 0.25) is 0 Å². The smallest absolute Gasteiger partial charge is 0.303 e. The Bertz CT molecular complexity index is 536. The van der Waals surface area contributed by atoms with E-state index in [1.165, 1.54) is 6.33 Å². The largest absolute Gasteiger partial charge is 0.481 e. The van der Waals surface area contributed by atoms with Gasteiger partial charge in [-0.2, -0.15) is 0 Å². The van der Waals surface area contributed by atoms with E-state index in [1.54, 1.807) is 0 Å². The van der Waals surface area contributed by atoms with Crippen LogP contribution < -0.4 is 5.73 Å². The summed E-state index contributed by atoms with van der Waals surface area (Å²) < 4.78 is 0. The van der Waals surface area contributed by atoms with Gasteiger partial charge in [-0.15, -0.1) is 0 Å². The third-order valence-electron chi connectivity index (χ3n) is 2.42. The normalized spacial score (nSPS) is 10.8. The van der Waals surface area contributed by atoms with Crippen molar-refractivity contribution in [2.45, 2.75) is 25.7 Å². The molecule has 17 heavy (non-hydrogen) atoms. The molecule has 0 unspecified atom stereocenters. The first kappa shape index (κ1) is 11.3. The summed E-state index contributed by atoms with van der Waals surface area (Å²) in [5, 5.41) is 8.50. The first-order valence-electron chi connectivity index (χ1n) is 5.33. The standard InChI is InChI=1S/C10H13N5O2/c11-9-8-10(13-5-12-9)15-6(14-8)3-1-2-4-7(16)17/h5H,1-4H2,(H,16,17)(H3,11,12,13,14,15). The van der Waals surface area contributed by atoms with Crippen molar-refractivity contribution >= 4 is 23.0 Å². The van der Waals surface area contributed by atoms with Crippen LogP contribution in [0.1, 0.15) is 25.1 Å². The summed E-state index contributed by atoms with van der Waals surface area (Å²) in [4.78, 5) is 25.5. The van der Waals surface area contributed by atoms with Gasteiger partial charge in [-0.05, 0) is 12.8 Å². The number of aryl methyl sites for hydroxylation is 1. The number of nitrogens with zero attached hydrogens (tertiary/aromatic N) is 3. The van der Waals surface area contributed by atoms with Crippen LogP contribution in [0.4, 0.5) is 5.82 Å². The molecule has 2 aromatic heterocycles. The van der Waals surface area contributed by atoms with Gasteiger partial charge in [-0.25, -0.2) is 15.0 Å². The molecule has 0 saturated carbocycles. The molecule has 0 fully saturated rings. The average Bonchev–Trinajstić information content (AvgIpc) is 2.69. The minimum Gasteiger partial charge on any atom is -0.481 e. The zero-order valence-electron chi connectivity index (χ0n) is 9.18. The quantitative estimate of drug-likeness (QED) is 0.657. The first-order valence-corrected chi connectivity index (χ1v) is 5.33. The Balaban J connectivity index is 2.00. The van der Waals surface area contributed by atoms with Gasteiger partial charge in [0, 0.05) is 12.8 Å². The van der Waals surface area contributed by atoms with Gasteiger partial charge >= 0.3 is 5.97 Å². The van der Waals surface area contributed by atoms with Gasteiger partial charge in [0.1, 0.15) is 17.7 Å². The summed E-state index contributed by atoms with van der Waals surface area (Å²) in [6.45, 7) is 0. The molecule has 7 heteroatoms. The summed E-state index contributed by atoms with van der Waals surface area (Å²) in [5.74, 6) is 0.363. The number of nitrogens with two attached hydrogens (primary N) is 1. The summed E-state index contributed by atoms with van der Waals surface area (Å²) >= 11 is 0. The van der Waals surface area contributed by atoms with E-state index in [2.05, 4.69) is 19.9 Å². The lowest BCUT2D eigenvalue weighted by molar-refractivity contribution is -0.137. The zero-order chi connectivity index (χ0) is 12.3. The Morgan fingerprint density at radius 1 is 1.41 bits per heavy atom. The molecule has 0 bridgehead atoms. The number of H-pyrrole nitrogens is 1. The summed E-state index contributed by atoms with van der Waals surface area (Å²) in [6.07, 6.45) is 3.63. The molecule has 0 aliphatic heterocycles. The van der Waals surface area contributed by atoms with Crippen LogP contribution in [-0.4, -0.2) is 31.0 Å². The van der Waals surface area contributed by atoms with Crippen LogP contribution in [0, 0.1) is 0 Å². The fourth-order valence-electron chi connectivity index (χ4n) is 1.58. The number of rotatable bonds is 5. The average molecular weight is 235 g/mol. The Labute approximate surface area is 97.1 Å². The van der Waals surface area contributed by atoms with E-state index in [0.29, 0.717) is 29.8 Å². The summed E-state index contributed by atoms with van der Waals surface area (Å²) in [6, 6.07) is 0. The van der Waals surface area contributed by atoms with Crippen molar-refractivity contribution in [3.05, 3.63) is 12.2 Å². The van der Waals surface area contributed by atoms with E-state index in [0.717, 1.165) is 12.2 Å². The molecular weight excluding hydrogens is 222 g/mol. The van der Waals surface area contributed by atoms with Crippen molar-refractivity contribution in [1.29, 1.82) is 0 Å². The molecule has 7 nitrogen and oxygen atoms in total. The Morgan fingerprint density at radius 3 is 2.94 bits per heavy atom. The predicted octanol–water partition coefficient (Wildman–Crippen LogP) is 0.733. The lowest BCUT2D eigenvalue weighted by atomic mass is 10.2. The number of fused-ring (bicyclic) bond motifs is 1. The number of aromatic amines is 1. The van der Waals surface area contributed by atoms with Crippen molar-refractivity contribution in [1.82, 2.24) is 19.9 Å². The van der Waals surface area contributed by atoms with Crippen LogP contribution in [-0.2, 0) is 11.2 Å². The third-order valence-corrected chi connectivity index (χ3v) is 2.42. The molecule has 0 saturated heterocycles. The number of carboxylic acid groups (broad SMARTS) is 1. The Kier molecular flexibility index (Phi) is 3.17. The molecule has 2 rings (SSSR count). The van der Waals surface area contributed by atoms with E-state index < -0.39 is 5.97 Å². The number of hydrogen-bond acceptors (Lipinski definition) is 5. The molecule has 4 N–H and O–H groups in total. The molecular formula is C10H13N5O2. The molecule has 0 radical (unpaired) electrons. The van der Waals surface area contributed by atoms with Gasteiger partial charge in [0.15, 0.2) is 11.5 Å². The number of nitrogen functional groups attached to an aromatic ring is 1. The highest BCUT2D eigenvalue weighted by Gasteiger charge is 2.07. The molecule has 90 valence electrons. The number of carboxylic acids is 1. The van der Waals surface area contributed by atoms with E-state index in [9.17, 15) is 4.79 Å². The van der Waals surface area contributed by atoms with Gasteiger partial charge < -0.3 is 15.8 Å². The van der Waals surface area contributed by atoms with Gasteiger partial charge in [-0.1, -0.05) is 0 Å². The molecule has 0 amide bonds. The first-order chi connectivity index (χ1) is 8.16. The summed E-state index contributed by atoms with van der Waals surface area (Å²) in [7, 11) is 0. The number of anilines is 1. The number of aliphatic carboxylic acids is 1. The maximum absolute atomic E-state index is 10.3. The lowest BCUT2D eigenvalue weighted by Crippen LogP contribution is -1.95. The molecule has 2 heterocycles. The predicted molar refractivity (Wildman–Crippen MR) is 61.3 cm³/mol. The molecule has 0 aliphatic rings. The number of carbonyl (C=O) groups is 1. The number of nitrogens with one attached hydrogen (secondary N) is 1. The summed E-state index contributed by atoms with van der Waals surface area (Å²) in [5.41, 5.74) is 6.85. The molecule has 0 aromatic carbocycles. The highest BCUT2D eigenvalue weighted by Crippen LogP contribution is 2.14. The Hall–Kier alpha value is -2.18. The maximum atomic E-state index is 10.3. The third kappa shape index (κ3) is 2.68. The monoisotopic (exact) mass is 235 g/mol. The minimum absolute atomic E-state index is 0.183. The van der Waals surface area contributed by atoms with Crippen molar-refractivity contribution in [3.63, 3.8) is 0 Å². The Morgan fingerprint density at radius 2 is 2.24 bits per heavy atom. The van der Waals surface area contributed by atoms with Crippen LogP contribution in [0.15, 0.2) is 6.33 Å². The van der Waals surface area contributed by atoms with Crippen LogP contribution in [0.5, 0.6) is 0 Å². The second kappa shape index (κ2) is 4.77. The van der Waals surface area contributed by atoms with Crippen molar-refractivity contribution in [2.24, 2.45) is 0 Å². The second-order valence-corrected chi connectivity index (χ2v) is 3.74. The topological polar surface area (TPSA) is 118 Å². The van der Waals surface area contributed by atoms with Crippen LogP contribution in [0.25, 0.3) is 11.2 Å². The van der Waals surface area contributed by atoms with E-state index in [1.807, 2.05) is 0 Å². The van der Waals surface area contributed by atoms with Gasteiger partial charge in [0.25, 0.3) is 0 Å². The van der Waals surface area contributed by atoms with Gasteiger partial charge in [-0.3, -0.25) is 4.79 Å². The molecule has 2 aromatic rings. The van der Waals surface area contributed by atoms with E-state index in [4.69, 9.17) is 10.8 Å². The van der Waals surface area contributed by atoms with Crippen molar-refractivity contribution in [2.75, 3.05) is 5.73 Å². The molecule has 0 atom stereocenters. The van der Waals surface area contributed by atoms with Gasteiger partial charge in [0.05, 0.1) is 0 Å². The molecule has 0 spiro atoms. The highest BCUT2D eigenvalue weighted by molar-refractivity contribution is 5.80. The van der Waals surface area contributed by atoms with Crippen molar-refractivity contribution in [3.8, 4) is 0 Å². The number of unbranched alkanes of at least 4 members (excludes halogenated alkanes) is 1. The van der Waals surface area contributed by atoms with E-state index in [-0.39, 0.29) is 6.42 Å². The maximum Gasteiger partial charge on any atom is 0.303 e. The lowest BCUT2D eigenvalue weighted by Gasteiger charge is -1.95. The van der Waals surface area contributed by atoms with Crippen molar-refractivity contribution < 1.29 is 9.90 Å². The van der Waals surface area contributed by atoms with Crippen LogP contribution >= 0.6 is 0 Å². The number of imidazole rings is 1. The minimum atomic E-state index is -0.773. The van der Waals surface area contributed by atoms with Crippen LogP contribution in [0.3, 0.4) is 0 Å². The fraction of sp³-hybridized carbons (Fsp3) is 0.400. The zero-order valence-corrected chi connectivity index (χ0v) is 9.18. The fourth-order valence-corrected chi connectivity index (χ4v) is 1.58. The van der Waals surface area contributed by atoms with E-state index >= 15 is 0 Å². The molecule has 0 aliphatic carbocycles. The number of hydrogen-bond donors (Lipinski definition) is 3. The second-order valence-electron chi connectivity index (χ2n) is 3.74. The highest BCUT2D eigenvalue weighted by atomic mass is 16.4. The SMILES string of the molecule is Nc1ncnc2nc(CCCCC(=O)O)[nH]c12. The van der Waals surface area contributed by atoms with Crippen LogP contribution in [0.2, 0.25) is 0 Å². The number of aromatic nitrogens is 4.